The highest BCUT2D eigenvalue weighted by Crippen LogP contribution is 2.15. The first kappa shape index (κ1) is 11.0. The molecule has 0 aliphatic heterocycles. The van der Waals surface area contributed by atoms with Crippen LogP contribution in [0, 0.1) is 0 Å². The molecule has 0 bridgehead atoms. The number of ether oxygens (including phenoxy) is 1. The van der Waals surface area contributed by atoms with Crippen molar-refractivity contribution in [2.75, 3.05) is 7.11 Å². The lowest BCUT2D eigenvalue weighted by Crippen LogP contribution is -1.96. The fourth-order valence-corrected chi connectivity index (χ4v) is 1.12. The molecule has 0 spiro atoms. The van der Waals surface area contributed by atoms with Crippen LogP contribution in [0.25, 0.3) is 6.08 Å². The van der Waals surface area contributed by atoms with Gasteiger partial charge in [-0.05, 0) is 23.8 Å². The molecule has 0 saturated heterocycles. The van der Waals surface area contributed by atoms with Crippen LogP contribution in [0.3, 0.4) is 0 Å². The molecular formula is C12H12O3. The van der Waals surface area contributed by atoms with Gasteiger partial charge in [0, 0.05) is 0 Å². The third-order valence-corrected chi connectivity index (χ3v) is 1.88. The van der Waals surface area contributed by atoms with Gasteiger partial charge in [0.25, 0.3) is 0 Å². The van der Waals surface area contributed by atoms with E-state index in [-0.39, 0.29) is 5.57 Å². The van der Waals surface area contributed by atoms with E-state index in [1.807, 2.05) is 0 Å². The molecule has 0 radical (unpaired) electrons. The molecule has 3 heteroatoms. The number of benzene rings is 1. The minimum absolute atomic E-state index is 0.156. The predicted octanol–water partition coefficient (Wildman–Crippen LogP) is 2.35. The molecule has 15 heavy (non-hydrogen) atoms. The molecule has 1 aromatic rings. The minimum atomic E-state index is -0.993. The van der Waals surface area contributed by atoms with Gasteiger partial charge in [0.1, 0.15) is 5.75 Å². The van der Waals surface area contributed by atoms with Crippen LogP contribution in [-0.4, -0.2) is 18.2 Å². The third-order valence-electron chi connectivity index (χ3n) is 1.88. The van der Waals surface area contributed by atoms with E-state index in [0.717, 1.165) is 5.56 Å². The number of rotatable bonds is 4. The molecule has 0 aliphatic carbocycles. The third kappa shape index (κ3) is 2.98. The number of hydrogen-bond acceptors (Lipinski definition) is 2. The molecule has 78 valence electrons. The van der Waals surface area contributed by atoms with Gasteiger partial charge >= 0.3 is 5.97 Å². The summed E-state index contributed by atoms with van der Waals surface area (Å²) in [4.78, 5) is 10.7. The number of carboxylic acids is 1. The second-order valence-corrected chi connectivity index (χ2v) is 2.89. The van der Waals surface area contributed by atoms with Crippen LogP contribution in [0.4, 0.5) is 0 Å². The summed E-state index contributed by atoms with van der Waals surface area (Å²) in [6, 6.07) is 7.15. The maximum absolute atomic E-state index is 10.7. The number of hydrogen-bond donors (Lipinski definition) is 1. The number of carboxylic acid groups (broad SMARTS) is 1. The molecule has 1 rings (SSSR count). The van der Waals surface area contributed by atoms with Crippen LogP contribution >= 0.6 is 0 Å². The first-order valence-electron chi connectivity index (χ1n) is 4.39. The average molecular weight is 204 g/mol. The molecule has 0 amide bonds. The Morgan fingerprint density at radius 3 is 2.80 bits per heavy atom. The summed E-state index contributed by atoms with van der Waals surface area (Å²) >= 11 is 0. The molecule has 0 aromatic heterocycles. The van der Waals surface area contributed by atoms with E-state index < -0.39 is 5.97 Å². The van der Waals surface area contributed by atoms with Crippen LogP contribution in [0.1, 0.15) is 5.56 Å². The predicted molar refractivity (Wildman–Crippen MR) is 58.8 cm³/mol. The minimum Gasteiger partial charge on any atom is -0.497 e. The molecule has 0 unspecified atom stereocenters. The van der Waals surface area contributed by atoms with Crippen molar-refractivity contribution in [3.8, 4) is 5.75 Å². The standard InChI is InChI=1S/C12H12O3/c1-3-10(12(13)14)7-9-5-4-6-11(8-9)15-2/h3-8H,1H2,2H3,(H,13,14)/b10-7+. The Hall–Kier alpha value is -2.03. The second kappa shape index (κ2) is 5.00. The maximum atomic E-state index is 10.7. The topological polar surface area (TPSA) is 46.5 Å². The normalized spacial score (nSPS) is 10.9. The molecule has 0 fully saturated rings. The lowest BCUT2D eigenvalue weighted by Gasteiger charge is -2.01. The number of carbonyl (C=O) groups is 1. The fourth-order valence-electron chi connectivity index (χ4n) is 1.12. The number of methoxy groups -OCH3 is 1. The molecule has 1 N–H and O–H groups in total. The molecule has 3 nitrogen and oxygen atoms in total. The summed E-state index contributed by atoms with van der Waals surface area (Å²) in [5.74, 6) is -0.301. The SMILES string of the molecule is C=C/C(=C\c1cccc(OC)c1)C(=O)O. The van der Waals surface area contributed by atoms with Crippen LogP contribution in [0.2, 0.25) is 0 Å². The summed E-state index contributed by atoms with van der Waals surface area (Å²) in [5.41, 5.74) is 0.926. The smallest absolute Gasteiger partial charge is 0.335 e. The van der Waals surface area contributed by atoms with Crippen molar-refractivity contribution in [3.05, 3.63) is 48.1 Å². The second-order valence-electron chi connectivity index (χ2n) is 2.89. The Bertz CT molecular complexity index is 405. The van der Waals surface area contributed by atoms with Crippen molar-refractivity contribution in [1.29, 1.82) is 0 Å². The van der Waals surface area contributed by atoms with Gasteiger partial charge in [-0.2, -0.15) is 0 Å². The van der Waals surface area contributed by atoms with Crippen molar-refractivity contribution in [3.63, 3.8) is 0 Å². The first-order chi connectivity index (χ1) is 7.17. The van der Waals surface area contributed by atoms with Crippen LogP contribution in [0.5, 0.6) is 5.75 Å². The molecule has 0 aliphatic rings. The van der Waals surface area contributed by atoms with E-state index in [4.69, 9.17) is 9.84 Å². The van der Waals surface area contributed by atoms with Gasteiger partial charge in [-0.3, -0.25) is 0 Å². The van der Waals surface area contributed by atoms with Gasteiger partial charge in [-0.15, -0.1) is 0 Å². The number of aliphatic carboxylic acids is 1. The summed E-state index contributed by atoms with van der Waals surface area (Å²) < 4.78 is 5.03. The van der Waals surface area contributed by atoms with E-state index in [1.54, 1.807) is 31.4 Å². The van der Waals surface area contributed by atoms with Gasteiger partial charge in [0.15, 0.2) is 0 Å². The highest BCUT2D eigenvalue weighted by Gasteiger charge is 2.02. The van der Waals surface area contributed by atoms with Crippen LogP contribution in [-0.2, 0) is 4.79 Å². The molecule has 1 aromatic carbocycles. The zero-order chi connectivity index (χ0) is 11.3. The van der Waals surface area contributed by atoms with Gasteiger partial charge in [-0.25, -0.2) is 4.79 Å². The monoisotopic (exact) mass is 204 g/mol. The van der Waals surface area contributed by atoms with Gasteiger partial charge in [-0.1, -0.05) is 24.8 Å². The van der Waals surface area contributed by atoms with Crippen molar-refractivity contribution >= 4 is 12.0 Å². The quantitative estimate of drug-likeness (QED) is 0.605. The fraction of sp³-hybridized carbons (Fsp3) is 0.0833. The van der Waals surface area contributed by atoms with Crippen molar-refractivity contribution in [2.24, 2.45) is 0 Å². The molecule has 0 saturated carbocycles. The zero-order valence-electron chi connectivity index (χ0n) is 8.43. The Morgan fingerprint density at radius 1 is 1.53 bits per heavy atom. The Kier molecular flexibility index (Phi) is 3.68. The molecule has 0 heterocycles. The average Bonchev–Trinajstić information content (AvgIpc) is 2.25. The molecule has 0 atom stereocenters. The van der Waals surface area contributed by atoms with Gasteiger partial charge in [0.05, 0.1) is 12.7 Å². The lowest BCUT2D eigenvalue weighted by atomic mass is 10.1. The highest BCUT2D eigenvalue weighted by atomic mass is 16.5. The lowest BCUT2D eigenvalue weighted by molar-refractivity contribution is -0.132. The zero-order valence-corrected chi connectivity index (χ0v) is 8.43. The van der Waals surface area contributed by atoms with E-state index in [1.165, 1.54) is 12.2 Å². The van der Waals surface area contributed by atoms with Gasteiger partial charge < -0.3 is 9.84 Å². The van der Waals surface area contributed by atoms with E-state index in [2.05, 4.69) is 6.58 Å². The van der Waals surface area contributed by atoms with Crippen LogP contribution < -0.4 is 4.74 Å². The Balaban J connectivity index is 3.05. The Labute approximate surface area is 88.3 Å². The van der Waals surface area contributed by atoms with Crippen molar-refractivity contribution in [2.45, 2.75) is 0 Å². The highest BCUT2D eigenvalue weighted by molar-refractivity contribution is 5.95. The maximum Gasteiger partial charge on any atom is 0.335 e. The van der Waals surface area contributed by atoms with Gasteiger partial charge in [0.2, 0.25) is 0 Å². The largest absolute Gasteiger partial charge is 0.497 e. The first-order valence-corrected chi connectivity index (χ1v) is 4.39. The summed E-state index contributed by atoms with van der Waals surface area (Å²) in [6.45, 7) is 3.44. The van der Waals surface area contributed by atoms with E-state index >= 15 is 0 Å². The Morgan fingerprint density at radius 2 is 2.27 bits per heavy atom. The van der Waals surface area contributed by atoms with Crippen LogP contribution in [0.15, 0.2) is 42.5 Å². The summed E-state index contributed by atoms with van der Waals surface area (Å²) in [5, 5.41) is 8.79. The van der Waals surface area contributed by atoms with E-state index in [0.29, 0.717) is 5.75 Å². The summed E-state index contributed by atoms with van der Waals surface area (Å²) in [6.07, 6.45) is 2.85. The van der Waals surface area contributed by atoms with Crippen molar-refractivity contribution < 1.29 is 14.6 Å². The van der Waals surface area contributed by atoms with Crippen molar-refractivity contribution in [1.82, 2.24) is 0 Å². The summed E-state index contributed by atoms with van der Waals surface area (Å²) in [7, 11) is 1.56. The van der Waals surface area contributed by atoms with E-state index in [9.17, 15) is 4.79 Å². The molecular weight excluding hydrogens is 192 g/mol.